The van der Waals surface area contributed by atoms with Crippen LogP contribution in [0.4, 0.5) is 22.3 Å². The lowest BCUT2D eigenvalue weighted by Crippen LogP contribution is -2.40. The van der Waals surface area contributed by atoms with E-state index in [9.17, 15) is 9.59 Å². The second-order valence-electron chi connectivity index (χ2n) is 9.06. The van der Waals surface area contributed by atoms with Gasteiger partial charge in [-0.2, -0.15) is 0 Å². The van der Waals surface area contributed by atoms with Crippen LogP contribution in [0.2, 0.25) is 0 Å². The minimum Gasteiger partial charge on any atom is -0.465 e. The molecule has 1 aliphatic heterocycles. The number of thiazole rings is 1. The molecule has 4 rings (SSSR count). The molecule has 4 heterocycles. The van der Waals surface area contributed by atoms with Crippen molar-refractivity contribution >= 4 is 56.9 Å². The molecule has 0 atom stereocenters. The number of aromatic nitrogens is 2. The lowest BCUT2D eigenvalue weighted by atomic mass is 10.1. The van der Waals surface area contributed by atoms with Gasteiger partial charge in [-0.3, -0.25) is 4.79 Å². The fourth-order valence-electron chi connectivity index (χ4n) is 3.83. The number of pyridine rings is 1. The summed E-state index contributed by atoms with van der Waals surface area (Å²) in [7, 11) is 1.34. The molecule has 35 heavy (non-hydrogen) atoms. The molecule has 9 nitrogen and oxygen atoms in total. The summed E-state index contributed by atoms with van der Waals surface area (Å²) in [6.07, 6.45) is 3.75. The average Bonchev–Trinajstić information content (AvgIpc) is 3.49. The number of anilines is 4. The Morgan fingerprint density at radius 3 is 2.63 bits per heavy atom. The van der Waals surface area contributed by atoms with E-state index in [0.29, 0.717) is 21.4 Å². The first-order valence-corrected chi connectivity index (χ1v) is 13.1. The van der Waals surface area contributed by atoms with Gasteiger partial charge in [-0.25, -0.2) is 14.8 Å². The summed E-state index contributed by atoms with van der Waals surface area (Å²) in [5.41, 5.74) is 1.35. The van der Waals surface area contributed by atoms with Gasteiger partial charge in [0.2, 0.25) is 0 Å². The summed E-state index contributed by atoms with van der Waals surface area (Å²) in [5, 5.41) is 10.0. The number of carbonyl (C=O) groups is 2. The van der Waals surface area contributed by atoms with E-state index in [2.05, 4.69) is 46.3 Å². The Morgan fingerprint density at radius 2 is 1.91 bits per heavy atom. The zero-order valence-corrected chi connectivity index (χ0v) is 21.8. The van der Waals surface area contributed by atoms with Crippen molar-refractivity contribution in [3.63, 3.8) is 0 Å². The molecule has 0 bridgehead atoms. The van der Waals surface area contributed by atoms with Crippen molar-refractivity contribution in [2.24, 2.45) is 0 Å². The van der Waals surface area contributed by atoms with E-state index in [1.54, 1.807) is 29.1 Å². The van der Waals surface area contributed by atoms with Crippen molar-refractivity contribution in [3.8, 4) is 0 Å². The summed E-state index contributed by atoms with van der Waals surface area (Å²) in [4.78, 5) is 36.4. The highest BCUT2D eigenvalue weighted by Gasteiger charge is 2.26. The highest BCUT2D eigenvalue weighted by Crippen LogP contribution is 2.30. The molecule has 11 heteroatoms. The molecule has 3 aromatic rings. The standard InChI is InChI=1S/C24H29N5O4S2/c1-24(2,3)33-15-7-11-29(12-8-15)20-17(6-5-10-25-20)26-21(30)18-14-35-23(28-18)27-16-9-13-34-19(16)22(31)32-4/h5-6,9-10,13-15H,7-8,11-12H2,1-4H3,(H,26,30)(H,27,28). The van der Waals surface area contributed by atoms with E-state index in [1.165, 1.54) is 29.8 Å². The fourth-order valence-corrected chi connectivity index (χ4v) is 5.30. The fraction of sp³-hybridized carbons (Fsp3) is 0.417. The Labute approximate surface area is 212 Å². The van der Waals surface area contributed by atoms with Gasteiger partial charge in [0, 0.05) is 24.7 Å². The van der Waals surface area contributed by atoms with Crippen LogP contribution in [-0.4, -0.2) is 53.7 Å². The maximum Gasteiger partial charge on any atom is 0.350 e. The highest BCUT2D eigenvalue weighted by atomic mass is 32.1. The number of hydrogen-bond donors (Lipinski definition) is 2. The van der Waals surface area contributed by atoms with Crippen LogP contribution in [-0.2, 0) is 9.47 Å². The molecule has 1 saturated heterocycles. The number of rotatable bonds is 7. The van der Waals surface area contributed by atoms with Gasteiger partial charge in [-0.1, -0.05) is 0 Å². The molecule has 0 aliphatic carbocycles. The Hall–Kier alpha value is -3.02. The maximum absolute atomic E-state index is 13.0. The molecule has 0 aromatic carbocycles. The quantitative estimate of drug-likeness (QED) is 0.416. The van der Waals surface area contributed by atoms with Gasteiger partial charge in [-0.05, 0) is 57.2 Å². The maximum atomic E-state index is 13.0. The molecule has 1 aliphatic rings. The Morgan fingerprint density at radius 1 is 1.14 bits per heavy atom. The van der Waals surface area contributed by atoms with Crippen LogP contribution in [0.3, 0.4) is 0 Å². The number of esters is 1. The van der Waals surface area contributed by atoms with E-state index < -0.39 is 5.97 Å². The molecule has 2 N–H and O–H groups in total. The van der Waals surface area contributed by atoms with Crippen LogP contribution in [0.15, 0.2) is 35.2 Å². The molecule has 0 spiro atoms. The third-order valence-corrected chi connectivity index (χ3v) is 6.96. The van der Waals surface area contributed by atoms with Crippen molar-refractivity contribution in [1.29, 1.82) is 0 Å². The zero-order valence-electron chi connectivity index (χ0n) is 20.2. The number of methoxy groups -OCH3 is 1. The lowest BCUT2D eigenvalue weighted by molar-refractivity contribution is -0.0683. The summed E-state index contributed by atoms with van der Waals surface area (Å²) in [5.74, 6) is -0.00669. The summed E-state index contributed by atoms with van der Waals surface area (Å²) < 4.78 is 10.9. The minimum atomic E-state index is -0.421. The predicted molar refractivity (Wildman–Crippen MR) is 139 cm³/mol. The Kier molecular flexibility index (Phi) is 7.68. The summed E-state index contributed by atoms with van der Waals surface area (Å²) in [6, 6.07) is 5.42. The molecule has 0 unspecified atom stereocenters. The second-order valence-corrected chi connectivity index (χ2v) is 10.8. The zero-order chi connectivity index (χ0) is 25.0. The summed E-state index contributed by atoms with van der Waals surface area (Å²) >= 11 is 2.56. The van der Waals surface area contributed by atoms with Crippen LogP contribution in [0, 0.1) is 0 Å². The van der Waals surface area contributed by atoms with Gasteiger partial charge < -0.3 is 25.0 Å². The molecule has 186 valence electrons. The molecule has 1 fully saturated rings. The number of hydrogen-bond acceptors (Lipinski definition) is 10. The van der Waals surface area contributed by atoms with E-state index in [1.807, 2.05) is 6.07 Å². The van der Waals surface area contributed by atoms with Gasteiger partial charge in [0.25, 0.3) is 5.91 Å². The first-order valence-electron chi connectivity index (χ1n) is 11.3. The van der Waals surface area contributed by atoms with Gasteiger partial charge in [0.15, 0.2) is 10.9 Å². The molecule has 0 saturated carbocycles. The third kappa shape index (κ3) is 6.36. The van der Waals surface area contributed by atoms with Crippen LogP contribution < -0.4 is 15.5 Å². The number of carbonyl (C=O) groups excluding carboxylic acids is 2. The number of nitrogens with zero attached hydrogens (tertiary/aromatic N) is 3. The van der Waals surface area contributed by atoms with Crippen LogP contribution in [0.1, 0.15) is 53.8 Å². The van der Waals surface area contributed by atoms with Gasteiger partial charge >= 0.3 is 5.97 Å². The van der Waals surface area contributed by atoms with Gasteiger partial charge in [0.05, 0.1) is 30.2 Å². The number of piperidine rings is 1. The van der Waals surface area contributed by atoms with E-state index in [4.69, 9.17) is 9.47 Å². The predicted octanol–water partition coefficient (Wildman–Crippen LogP) is 5.17. The second kappa shape index (κ2) is 10.7. The number of thiophene rings is 1. The van der Waals surface area contributed by atoms with Crippen molar-refractivity contribution in [2.45, 2.75) is 45.3 Å². The minimum absolute atomic E-state index is 0.164. The SMILES string of the molecule is COC(=O)c1sccc1Nc1nc(C(=O)Nc2cccnc2N2CCC(OC(C)(C)C)CC2)cs1. The number of ether oxygens (including phenoxy) is 2. The number of nitrogens with one attached hydrogen (secondary N) is 2. The Balaban J connectivity index is 1.41. The average molecular weight is 516 g/mol. The van der Waals surface area contributed by atoms with E-state index >= 15 is 0 Å². The van der Waals surface area contributed by atoms with E-state index in [0.717, 1.165) is 31.7 Å². The van der Waals surface area contributed by atoms with Crippen molar-refractivity contribution < 1.29 is 19.1 Å². The van der Waals surface area contributed by atoms with Crippen molar-refractivity contribution in [1.82, 2.24) is 9.97 Å². The Bertz CT molecular complexity index is 1180. The molecule has 1 amide bonds. The normalized spacial score (nSPS) is 14.6. The van der Waals surface area contributed by atoms with Crippen LogP contribution in [0.5, 0.6) is 0 Å². The monoisotopic (exact) mass is 515 g/mol. The van der Waals surface area contributed by atoms with Gasteiger partial charge in [-0.15, -0.1) is 22.7 Å². The first kappa shape index (κ1) is 25.1. The molecule has 3 aromatic heterocycles. The van der Waals surface area contributed by atoms with Gasteiger partial charge in [0.1, 0.15) is 10.6 Å². The molecular weight excluding hydrogens is 486 g/mol. The lowest BCUT2D eigenvalue weighted by Gasteiger charge is -2.36. The smallest absolute Gasteiger partial charge is 0.350 e. The summed E-state index contributed by atoms with van der Waals surface area (Å²) in [6.45, 7) is 7.82. The van der Waals surface area contributed by atoms with Crippen LogP contribution in [0.25, 0.3) is 0 Å². The largest absolute Gasteiger partial charge is 0.465 e. The van der Waals surface area contributed by atoms with Crippen molar-refractivity contribution in [3.05, 3.63) is 45.7 Å². The highest BCUT2D eigenvalue weighted by molar-refractivity contribution is 7.14. The topological polar surface area (TPSA) is 106 Å². The van der Waals surface area contributed by atoms with Crippen LogP contribution >= 0.6 is 22.7 Å². The first-order chi connectivity index (χ1) is 16.7. The van der Waals surface area contributed by atoms with E-state index in [-0.39, 0.29) is 23.3 Å². The van der Waals surface area contributed by atoms with Crippen molar-refractivity contribution in [2.75, 3.05) is 35.7 Å². The number of amides is 1. The molecular formula is C24H29N5O4S2. The molecule has 0 radical (unpaired) electrons. The third-order valence-electron chi connectivity index (χ3n) is 5.31.